The monoisotopic (exact) mass is 231 g/mol. The third-order valence-electron chi connectivity index (χ3n) is 1.71. The summed E-state index contributed by atoms with van der Waals surface area (Å²) >= 11 is 0. The van der Waals surface area contributed by atoms with Gasteiger partial charge in [-0.25, -0.2) is 23.1 Å². The Hall–Kier alpha value is -1.41. The summed E-state index contributed by atoms with van der Waals surface area (Å²) in [5, 5.41) is 2.81. The molecule has 1 aromatic rings. The fourth-order valence-electron chi connectivity index (χ4n) is 0.894. The van der Waals surface area contributed by atoms with Crippen LogP contribution in [-0.2, 0) is 10.0 Å². The lowest BCUT2D eigenvalue weighted by molar-refractivity contribution is 0.588. The molecule has 0 saturated heterocycles. The van der Waals surface area contributed by atoms with Crippen molar-refractivity contribution < 1.29 is 8.42 Å². The summed E-state index contributed by atoms with van der Waals surface area (Å²) in [7, 11) is -1.83. The van der Waals surface area contributed by atoms with Crippen LogP contribution in [0.3, 0.4) is 0 Å². The number of rotatable bonds is 5. The summed E-state index contributed by atoms with van der Waals surface area (Å²) in [5.74, 6) is 0.406. The molecule has 0 aliphatic rings. The van der Waals surface area contributed by atoms with E-state index in [0.717, 1.165) is 0 Å². The first-order valence-corrected chi connectivity index (χ1v) is 5.91. The van der Waals surface area contributed by atoms with Gasteiger partial charge in [-0.2, -0.15) is 0 Å². The molecule has 1 rings (SSSR count). The summed E-state index contributed by atoms with van der Waals surface area (Å²) in [5.41, 5.74) is 5.94. The Labute approximate surface area is 88.2 Å². The molecule has 84 valence electrons. The highest BCUT2D eigenvalue weighted by Gasteiger charge is 2.06. The summed E-state index contributed by atoms with van der Waals surface area (Å²) in [4.78, 5) is 7.57. The van der Waals surface area contributed by atoms with Crippen molar-refractivity contribution in [2.45, 2.75) is 0 Å². The van der Waals surface area contributed by atoms with E-state index in [4.69, 9.17) is 5.73 Å². The quantitative estimate of drug-likeness (QED) is 0.601. The second-order valence-electron chi connectivity index (χ2n) is 2.78. The van der Waals surface area contributed by atoms with E-state index in [9.17, 15) is 8.42 Å². The van der Waals surface area contributed by atoms with Gasteiger partial charge < -0.3 is 11.1 Å². The first-order valence-electron chi connectivity index (χ1n) is 4.26. The van der Waals surface area contributed by atoms with Gasteiger partial charge in [0.15, 0.2) is 5.82 Å². The Morgan fingerprint density at radius 1 is 1.53 bits per heavy atom. The molecule has 8 heteroatoms. The van der Waals surface area contributed by atoms with Crippen LogP contribution in [0.25, 0.3) is 0 Å². The predicted molar refractivity (Wildman–Crippen MR) is 57.8 cm³/mol. The van der Waals surface area contributed by atoms with Crippen LogP contribution in [0.2, 0.25) is 0 Å². The van der Waals surface area contributed by atoms with E-state index in [-0.39, 0.29) is 12.3 Å². The molecule has 0 fully saturated rings. The number of nitrogens with zero attached hydrogens (tertiary/aromatic N) is 2. The number of nitrogens with one attached hydrogen (secondary N) is 2. The SMILES string of the molecule is CNS(=O)(=O)CCNc1ncncc1N. The van der Waals surface area contributed by atoms with Crippen LogP contribution in [0.5, 0.6) is 0 Å². The number of nitrogens with two attached hydrogens (primary N) is 1. The van der Waals surface area contributed by atoms with Gasteiger partial charge in [0, 0.05) is 6.54 Å². The van der Waals surface area contributed by atoms with E-state index in [1.165, 1.54) is 19.6 Å². The van der Waals surface area contributed by atoms with Crippen molar-refractivity contribution in [2.24, 2.45) is 0 Å². The van der Waals surface area contributed by atoms with E-state index < -0.39 is 10.0 Å². The maximum absolute atomic E-state index is 11.1. The topological polar surface area (TPSA) is 110 Å². The van der Waals surface area contributed by atoms with Crippen molar-refractivity contribution in [3.8, 4) is 0 Å². The first-order chi connectivity index (χ1) is 7.05. The highest BCUT2D eigenvalue weighted by molar-refractivity contribution is 7.89. The molecule has 0 saturated carbocycles. The highest BCUT2D eigenvalue weighted by atomic mass is 32.2. The lowest BCUT2D eigenvalue weighted by Gasteiger charge is -2.07. The Balaban J connectivity index is 2.49. The van der Waals surface area contributed by atoms with Crippen molar-refractivity contribution in [3.63, 3.8) is 0 Å². The smallest absolute Gasteiger partial charge is 0.213 e. The van der Waals surface area contributed by atoms with E-state index in [0.29, 0.717) is 11.5 Å². The van der Waals surface area contributed by atoms with Gasteiger partial charge in [-0.15, -0.1) is 0 Å². The van der Waals surface area contributed by atoms with Gasteiger partial charge in [-0.3, -0.25) is 0 Å². The van der Waals surface area contributed by atoms with Crippen LogP contribution in [0.1, 0.15) is 0 Å². The van der Waals surface area contributed by atoms with Crippen molar-refractivity contribution in [3.05, 3.63) is 12.5 Å². The number of hydrogen-bond donors (Lipinski definition) is 3. The molecule has 1 aromatic heterocycles. The minimum atomic E-state index is -3.20. The number of nitrogen functional groups attached to an aromatic ring is 1. The van der Waals surface area contributed by atoms with Crippen LogP contribution in [0.4, 0.5) is 11.5 Å². The maximum atomic E-state index is 11.1. The molecule has 15 heavy (non-hydrogen) atoms. The molecule has 7 nitrogen and oxygen atoms in total. The van der Waals surface area contributed by atoms with Gasteiger partial charge >= 0.3 is 0 Å². The number of anilines is 2. The van der Waals surface area contributed by atoms with Crippen LogP contribution < -0.4 is 15.8 Å². The first kappa shape index (κ1) is 11.7. The maximum Gasteiger partial charge on any atom is 0.213 e. The molecule has 0 spiro atoms. The third-order valence-corrected chi connectivity index (χ3v) is 3.08. The molecular weight excluding hydrogens is 218 g/mol. The fraction of sp³-hybridized carbons (Fsp3) is 0.429. The zero-order valence-electron chi connectivity index (χ0n) is 8.27. The minimum absolute atomic E-state index is 0.0348. The van der Waals surface area contributed by atoms with Crippen molar-refractivity contribution in [2.75, 3.05) is 30.4 Å². The molecule has 0 radical (unpaired) electrons. The van der Waals surface area contributed by atoms with Gasteiger partial charge in [0.25, 0.3) is 0 Å². The molecule has 0 unspecified atom stereocenters. The molecule has 1 heterocycles. The van der Waals surface area contributed by atoms with Crippen LogP contribution in [-0.4, -0.2) is 37.7 Å². The normalized spacial score (nSPS) is 11.3. The van der Waals surface area contributed by atoms with E-state index in [1.54, 1.807) is 0 Å². The Morgan fingerprint density at radius 2 is 2.27 bits per heavy atom. The average molecular weight is 231 g/mol. The molecular formula is C7H13N5O2S. The second-order valence-corrected chi connectivity index (χ2v) is 4.82. The van der Waals surface area contributed by atoms with Crippen molar-refractivity contribution >= 4 is 21.5 Å². The van der Waals surface area contributed by atoms with Gasteiger partial charge in [-0.1, -0.05) is 0 Å². The van der Waals surface area contributed by atoms with E-state index in [2.05, 4.69) is 20.0 Å². The minimum Gasteiger partial charge on any atom is -0.394 e. The van der Waals surface area contributed by atoms with Crippen LogP contribution >= 0.6 is 0 Å². The number of sulfonamides is 1. The predicted octanol–water partition coefficient (Wildman–Crippen LogP) is -0.980. The molecule has 0 aliphatic carbocycles. The largest absolute Gasteiger partial charge is 0.394 e. The van der Waals surface area contributed by atoms with E-state index in [1.807, 2.05) is 0 Å². The van der Waals surface area contributed by atoms with Gasteiger partial charge in [0.05, 0.1) is 17.6 Å². The van der Waals surface area contributed by atoms with Crippen molar-refractivity contribution in [1.29, 1.82) is 0 Å². The van der Waals surface area contributed by atoms with Crippen LogP contribution in [0, 0.1) is 0 Å². The lowest BCUT2D eigenvalue weighted by atomic mass is 10.5. The van der Waals surface area contributed by atoms with E-state index >= 15 is 0 Å². The molecule has 0 aliphatic heterocycles. The number of hydrogen-bond acceptors (Lipinski definition) is 6. The van der Waals surface area contributed by atoms with Gasteiger partial charge in [0.2, 0.25) is 10.0 Å². The lowest BCUT2D eigenvalue weighted by Crippen LogP contribution is -2.26. The summed E-state index contributed by atoms with van der Waals surface area (Å²) in [6, 6.07) is 0. The zero-order valence-corrected chi connectivity index (χ0v) is 9.08. The van der Waals surface area contributed by atoms with Crippen LogP contribution in [0.15, 0.2) is 12.5 Å². The summed E-state index contributed by atoms with van der Waals surface area (Å²) in [6.07, 6.45) is 2.78. The highest BCUT2D eigenvalue weighted by Crippen LogP contribution is 2.10. The average Bonchev–Trinajstić information content (AvgIpc) is 2.21. The zero-order chi connectivity index (χ0) is 11.3. The molecule has 4 N–H and O–H groups in total. The summed E-state index contributed by atoms with van der Waals surface area (Å²) < 4.78 is 24.3. The van der Waals surface area contributed by atoms with Crippen molar-refractivity contribution in [1.82, 2.24) is 14.7 Å². The Morgan fingerprint density at radius 3 is 2.87 bits per heavy atom. The molecule has 0 aromatic carbocycles. The number of aromatic nitrogens is 2. The fourth-order valence-corrected chi connectivity index (χ4v) is 1.47. The third kappa shape index (κ3) is 3.68. The molecule has 0 bridgehead atoms. The Kier molecular flexibility index (Phi) is 3.81. The second kappa shape index (κ2) is 4.89. The van der Waals surface area contributed by atoms with Gasteiger partial charge in [-0.05, 0) is 7.05 Å². The Bertz CT molecular complexity index is 419. The standard InChI is InChI=1S/C7H13N5O2S/c1-9-15(13,14)3-2-11-7-6(8)4-10-5-12-7/h4-5,9H,2-3,8H2,1H3,(H,10,11,12). The summed E-state index contributed by atoms with van der Waals surface area (Å²) in [6.45, 7) is 0.240. The molecule has 0 atom stereocenters. The molecule has 0 amide bonds. The van der Waals surface area contributed by atoms with Gasteiger partial charge in [0.1, 0.15) is 6.33 Å².